The van der Waals surface area contributed by atoms with Crippen LogP contribution in [0.25, 0.3) is 43.8 Å². The van der Waals surface area contributed by atoms with Crippen molar-refractivity contribution in [2.24, 2.45) is 0 Å². The van der Waals surface area contributed by atoms with Crippen LogP contribution >= 0.6 is 0 Å². The molecule has 0 N–H and O–H groups in total. The fourth-order valence-electron chi connectivity index (χ4n) is 6.90. The van der Waals surface area contributed by atoms with Crippen molar-refractivity contribution < 1.29 is 14.2 Å². The van der Waals surface area contributed by atoms with Crippen LogP contribution in [0.2, 0.25) is 0 Å². The molecular formula is C40H34O3. The lowest BCUT2D eigenvalue weighted by molar-refractivity contribution is -0.194. The zero-order valence-electron chi connectivity index (χ0n) is 24.9. The first kappa shape index (κ1) is 26.1. The third-order valence-electron chi connectivity index (χ3n) is 9.00. The molecule has 2 aliphatic heterocycles. The van der Waals surface area contributed by atoms with E-state index in [4.69, 9.17) is 14.2 Å². The van der Waals surface area contributed by atoms with Crippen LogP contribution in [-0.4, -0.2) is 0 Å². The molecule has 3 heteroatoms. The average molecular weight is 563 g/mol. The molecule has 3 nitrogen and oxygen atoms in total. The quantitative estimate of drug-likeness (QED) is 0.214. The summed E-state index contributed by atoms with van der Waals surface area (Å²) in [7, 11) is 0. The van der Waals surface area contributed by atoms with Crippen LogP contribution in [0.1, 0.15) is 74.4 Å². The summed E-state index contributed by atoms with van der Waals surface area (Å²) in [5.74, 6) is 2.38. The van der Waals surface area contributed by atoms with Crippen LogP contribution in [-0.2, 0) is 4.74 Å². The van der Waals surface area contributed by atoms with E-state index in [1.807, 2.05) is 0 Å². The Morgan fingerprint density at radius 3 is 1.37 bits per heavy atom. The minimum atomic E-state index is -0.649. The number of benzene rings is 6. The normalized spacial score (nSPS) is 16.8. The second-order valence-corrected chi connectivity index (χ2v) is 12.3. The Hall–Kier alpha value is -4.60. The van der Waals surface area contributed by atoms with Crippen LogP contribution in [0.5, 0.6) is 11.5 Å². The fraction of sp³-hybridized carbons (Fsp3) is 0.200. The number of rotatable bonds is 4. The summed E-state index contributed by atoms with van der Waals surface area (Å²) >= 11 is 0. The number of hydrogen-bond acceptors (Lipinski definition) is 3. The molecule has 0 spiro atoms. The molecule has 2 atom stereocenters. The molecule has 43 heavy (non-hydrogen) atoms. The van der Waals surface area contributed by atoms with Crippen LogP contribution in [0.4, 0.5) is 0 Å². The summed E-state index contributed by atoms with van der Waals surface area (Å²) in [6, 6.07) is 38.7. The van der Waals surface area contributed by atoms with Crippen molar-refractivity contribution in [3.63, 3.8) is 0 Å². The van der Waals surface area contributed by atoms with Gasteiger partial charge in [-0.3, -0.25) is 4.74 Å². The van der Waals surface area contributed by atoms with Gasteiger partial charge in [-0.2, -0.15) is 0 Å². The highest BCUT2D eigenvalue weighted by Crippen LogP contribution is 2.53. The average Bonchev–Trinajstić information content (AvgIpc) is 3.03. The minimum absolute atomic E-state index is 0.297. The van der Waals surface area contributed by atoms with Crippen molar-refractivity contribution in [1.82, 2.24) is 0 Å². The van der Waals surface area contributed by atoms with E-state index in [1.165, 1.54) is 43.8 Å². The van der Waals surface area contributed by atoms with Crippen molar-refractivity contribution in [2.45, 2.75) is 52.1 Å². The predicted molar refractivity (Wildman–Crippen MR) is 175 cm³/mol. The Morgan fingerprint density at radius 1 is 0.488 bits per heavy atom. The van der Waals surface area contributed by atoms with E-state index in [9.17, 15) is 0 Å². The first-order chi connectivity index (χ1) is 21.0. The van der Waals surface area contributed by atoms with Crippen LogP contribution < -0.4 is 9.47 Å². The molecule has 2 unspecified atom stereocenters. The number of ether oxygens (including phenoxy) is 3. The van der Waals surface area contributed by atoms with Crippen LogP contribution in [0.3, 0.4) is 0 Å². The summed E-state index contributed by atoms with van der Waals surface area (Å²) in [4.78, 5) is 0. The molecule has 0 saturated carbocycles. The standard InChI is InChI=1S/C40H34O3/c1-23(2)27-15-9-17-31-35-29-13-7-5-11-25(29)19-21-33(35)39(41-37(27)31)43-40-34-22-20-26-12-6-8-14-30(26)36(34)32-18-10-16-28(24(3)4)38(32)42-40/h5-24,39-40H,1-4H3. The first-order valence-electron chi connectivity index (χ1n) is 15.3. The SMILES string of the molecule is CC(C)c1cccc2c1OC(OC1Oc3c(cccc3C(C)C)-c3c1ccc1ccccc31)c1ccc3ccccc3c1-2. The predicted octanol–water partition coefficient (Wildman–Crippen LogP) is 11.1. The summed E-state index contributed by atoms with van der Waals surface area (Å²) in [5, 5.41) is 4.79. The lowest BCUT2D eigenvalue weighted by atomic mass is 9.87. The Balaban J connectivity index is 1.32. The third kappa shape index (κ3) is 4.06. The van der Waals surface area contributed by atoms with Crippen molar-refractivity contribution >= 4 is 21.5 Å². The highest BCUT2D eigenvalue weighted by Gasteiger charge is 2.37. The molecule has 6 aromatic carbocycles. The number of fused-ring (bicyclic) bond motifs is 10. The van der Waals surface area contributed by atoms with Gasteiger partial charge in [-0.1, -0.05) is 137 Å². The smallest absolute Gasteiger partial charge is 0.231 e. The van der Waals surface area contributed by atoms with Gasteiger partial charge >= 0.3 is 0 Å². The lowest BCUT2D eigenvalue weighted by Crippen LogP contribution is -2.25. The molecule has 0 radical (unpaired) electrons. The molecular weight excluding hydrogens is 528 g/mol. The van der Waals surface area contributed by atoms with Gasteiger partial charge in [0.15, 0.2) is 0 Å². The lowest BCUT2D eigenvalue weighted by Gasteiger charge is -2.36. The summed E-state index contributed by atoms with van der Waals surface area (Å²) < 4.78 is 20.8. The van der Waals surface area contributed by atoms with E-state index >= 15 is 0 Å². The summed E-state index contributed by atoms with van der Waals surface area (Å²) in [6.07, 6.45) is -1.30. The Morgan fingerprint density at radius 2 is 0.930 bits per heavy atom. The largest absolute Gasteiger partial charge is 0.459 e. The summed E-state index contributed by atoms with van der Waals surface area (Å²) in [6.45, 7) is 8.85. The van der Waals surface area contributed by atoms with Gasteiger partial charge < -0.3 is 9.47 Å². The van der Waals surface area contributed by atoms with Crippen molar-refractivity contribution in [1.29, 1.82) is 0 Å². The van der Waals surface area contributed by atoms with Crippen molar-refractivity contribution in [3.05, 3.63) is 131 Å². The fourth-order valence-corrected chi connectivity index (χ4v) is 6.90. The van der Waals surface area contributed by atoms with Crippen molar-refractivity contribution in [2.75, 3.05) is 0 Å². The number of para-hydroxylation sites is 2. The molecule has 0 fully saturated rings. The van der Waals surface area contributed by atoms with Gasteiger partial charge in [0.25, 0.3) is 0 Å². The zero-order valence-corrected chi connectivity index (χ0v) is 24.9. The van der Waals surface area contributed by atoms with E-state index in [1.54, 1.807) is 0 Å². The molecule has 2 heterocycles. The van der Waals surface area contributed by atoms with E-state index in [2.05, 4.69) is 137 Å². The first-order valence-corrected chi connectivity index (χ1v) is 15.3. The summed E-state index contributed by atoms with van der Waals surface area (Å²) in [5.41, 5.74) is 8.94. The topological polar surface area (TPSA) is 27.7 Å². The molecule has 0 amide bonds. The highest BCUT2D eigenvalue weighted by molar-refractivity contribution is 6.02. The monoisotopic (exact) mass is 562 g/mol. The Kier molecular flexibility index (Phi) is 6.06. The van der Waals surface area contributed by atoms with Crippen molar-refractivity contribution in [3.8, 4) is 33.8 Å². The molecule has 212 valence electrons. The molecule has 0 bridgehead atoms. The van der Waals surface area contributed by atoms with Gasteiger partial charge in [-0.15, -0.1) is 0 Å². The van der Waals surface area contributed by atoms with E-state index in [0.29, 0.717) is 11.8 Å². The molecule has 8 rings (SSSR count). The van der Waals surface area contributed by atoms with Gasteiger partial charge in [0.1, 0.15) is 11.5 Å². The second-order valence-electron chi connectivity index (χ2n) is 12.3. The zero-order chi connectivity index (χ0) is 29.2. The molecule has 0 saturated heterocycles. The molecule has 2 aliphatic rings. The minimum Gasteiger partial charge on any atom is -0.459 e. The molecule has 0 aliphatic carbocycles. The number of hydrogen-bond donors (Lipinski definition) is 0. The molecule has 0 aromatic heterocycles. The maximum atomic E-state index is 7.02. The van der Waals surface area contributed by atoms with Gasteiger partial charge in [-0.05, 0) is 44.5 Å². The highest BCUT2D eigenvalue weighted by atomic mass is 16.8. The second kappa shape index (κ2) is 10.00. The molecule has 6 aromatic rings. The van der Waals surface area contributed by atoms with Gasteiger partial charge in [0.05, 0.1) is 0 Å². The maximum Gasteiger partial charge on any atom is 0.231 e. The maximum absolute atomic E-state index is 7.02. The van der Waals surface area contributed by atoms with Crippen LogP contribution in [0, 0.1) is 0 Å². The third-order valence-corrected chi connectivity index (χ3v) is 9.00. The van der Waals surface area contributed by atoms with Gasteiger partial charge in [0, 0.05) is 33.4 Å². The Labute approximate surface area is 252 Å². The van der Waals surface area contributed by atoms with Gasteiger partial charge in [-0.25, -0.2) is 0 Å². The van der Waals surface area contributed by atoms with E-state index < -0.39 is 12.6 Å². The van der Waals surface area contributed by atoms with E-state index in [-0.39, 0.29) is 0 Å². The van der Waals surface area contributed by atoms with Gasteiger partial charge in [0.2, 0.25) is 12.6 Å². The van der Waals surface area contributed by atoms with Crippen LogP contribution in [0.15, 0.2) is 109 Å². The Bertz CT molecular complexity index is 1890. The van der Waals surface area contributed by atoms with E-state index in [0.717, 1.165) is 33.8 Å².